The van der Waals surface area contributed by atoms with Crippen LogP contribution in [0.1, 0.15) is 35.0 Å². The van der Waals surface area contributed by atoms with Gasteiger partial charge in [-0.25, -0.2) is 0 Å². The molecule has 0 aromatic carbocycles. The summed E-state index contributed by atoms with van der Waals surface area (Å²) in [6.07, 6.45) is 1.37. The zero-order chi connectivity index (χ0) is 12.1. The lowest BCUT2D eigenvalue weighted by Crippen LogP contribution is -2.13. The first-order valence-corrected chi connectivity index (χ1v) is 5.16. The van der Waals surface area contributed by atoms with Gasteiger partial charge in [-0.3, -0.25) is 14.6 Å². The van der Waals surface area contributed by atoms with E-state index in [-0.39, 0.29) is 18.8 Å². The van der Waals surface area contributed by atoms with Gasteiger partial charge in [0.2, 0.25) is 0 Å². The molecule has 0 aliphatic carbocycles. The zero-order valence-electron chi connectivity index (χ0n) is 9.74. The van der Waals surface area contributed by atoms with Gasteiger partial charge < -0.3 is 4.74 Å². The predicted molar refractivity (Wildman–Crippen MR) is 59.3 cm³/mol. The van der Waals surface area contributed by atoms with E-state index in [1.165, 1.54) is 0 Å². The molecule has 1 aromatic heterocycles. The summed E-state index contributed by atoms with van der Waals surface area (Å²) < 4.78 is 4.71. The summed E-state index contributed by atoms with van der Waals surface area (Å²) in [7, 11) is 0. The highest BCUT2D eigenvalue weighted by atomic mass is 16.5. The molecule has 4 heteroatoms. The highest BCUT2D eigenvalue weighted by Crippen LogP contribution is 2.09. The smallest absolute Gasteiger partial charge is 0.313 e. The van der Waals surface area contributed by atoms with Crippen molar-refractivity contribution in [1.29, 1.82) is 0 Å². The summed E-state index contributed by atoms with van der Waals surface area (Å²) in [6.45, 7) is 5.70. The molecule has 16 heavy (non-hydrogen) atoms. The van der Waals surface area contributed by atoms with Crippen molar-refractivity contribution >= 4 is 11.8 Å². The maximum absolute atomic E-state index is 11.7. The van der Waals surface area contributed by atoms with Crippen molar-refractivity contribution < 1.29 is 14.3 Å². The molecule has 86 valence electrons. The average molecular weight is 221 g/mol. The van der Waals surface area contributed by atoms with E-state index in [0.29, 0.717) is 5.69 Å². The third-order valence-electron chi connectivity index (χ3n) is 2.09. The maximum atomic E-state index is 11.7. The first-order chi connectivity index (χ1) is 7.54. The van der Waals surface area contributed by atoms with Crippen LogP contribution >= 0.6 is 0 Å². The Morgan fingerprint density at radius 2 is 2.06 bits per heavy atom. The number of nitrogens with zero attached hydrogens (tertiary/aromatic N) is 1. The number of hydrogen-bond acceptors (Lipinski definition) is 4. The highest BCUT2D eigenvalue weighted by molar-refractivity contribution is 6.05. The number of aryl methyl sites for hydroxylation is 2. The van der Waals surface area contributed by atoms with Gasteiger partial charge in [0.25, 0.3) is 0 Å². The normalized spacial score (nSPS) is 9.94. The van der Waals surface area contributed by atoms with Gasteiger partial charge in [-0.2, -0.15) is 0 Å². The zero-order valence-corrected chi connectivity index (χ0v) is 9.74. The van der Waals surface area contributed by atoms with Crippen molar-refractivity contribution in [3.63, 3.8) is 0 Å². The molecule has 0 N–H and O–H groups in total. The fourth-order valence-corrected chi connectivity index (χ4v) is 1.43. The number of aromatic nitrogens is 1. The Labute approximate surface area is 94.6 Å². The molecule has 0 aliphatic rings. The Morgan fingerprint density at radius 1 is 1.38 bits per heavy atom. The van der Waals surface area contributed by atoms with Crippen molar-refractivity contribution in [2.45, 2.75) is 27.2 Å². The first-order valence-electron chi connectivity index (χ1n) is 5.16. The van der Waals surface area contributed by atoms with Crippen LogP contribution < -0.4 is 0 Å². The molecule has 0 fully saturated rings. The molecule has 4 nitrogen and oxygen atoms in total. The summed E-state index contributed by atoms with van der Waals surface area (Å²) in [5.41, 5.74) is 2.12. The van der Waals surface area contributed by atoms with E-state index in [9.17, 15) is 9.59 Å². The van der Waals surface area contributed by atoms with Crippen LogP contribution in [0.15, 0.2) is 12.3 Å². The molecular formula is C12H15NO3. The van der Waals surface area contributed by atoms with Gasteiger partial charge in [-0.05, 0) is 31.9 Å². The molecule has 1 heterocycles. The van der Waals surface area contributed by atoms with Crippen LogP contribution in [-0.2, 0) is 9.53 Å². The lowest BCUT2D eigenvalue weighted by Gasteiger charge is -2.04. The minimum atomic E-state index is -0.505. The number of Topliss-reactive ketones (excluding diaryl/α,β-unsaturated/α-hetero) is 1. The third kappa shape index (κ3) is 3.15. The number of hydrogen-bond donors (Lipinski definition) is 0. The monoisotopic (exact) mass is 221 g/mol. The third-order valence-corrected chi connectivity index (χ3v) is 2.09. The number of carbonyl (C=O) groups excluding carboxylic acids is 2. The number of ether oxygens (including phenoxy) is 1. The summed E-state index contributed by atoms with van der Waals surface area (Å²) in [5.74, 6) is -0.801. The number of pyridine rings is 1. The molecule has 0 bridgehead atoms. The van der Waals surface area contributed by atoms with E-state index in [0.717, 1.165) is 11.1 Å². The topological polar surface area (TPSA) is 56.3 Å². The minimum absolute atomic E-state index is 0.245. The number of carbonyl (C=O) groups is 2. The van der Waals surface area contributed by atoms with Crippen molar-refractivity contribution in [1.82, 2.24) is 4.98 Å². The van der Waals surface area contributed by atoms with Crippen LogP contribution in [0.2, 0.25) is 0 Å². The van der Waals surface area contributed by atoms with Gasteiger partial charge in [0.05, 0.1) is 6.61 Å². The van der Waals surface area contributed by atoms with E-state index in [2.05, 4.69) is 4.98 Å². The van der Waals surface area contributed by atoms with Crippen molar-refractivity contribution in [3.05, 3.63) is 29.1 Å². The molecule has 0 aliphatic heterocycles. The lowest BCUT2D eigenvalue weighted by atomic mass is 10.1. The Kier molecular flexibility index (Phi) is 4.17. The molecule has 1 aromatic rings. The van der Waals surface area contributed by atoms with E-state index < -0.39 is 5.97 Å². The molecule has 0 saturated carbocycles. The fourth-order valence-electron chi connectivity index (χ4n) is 1.43. The Bertz CT molecular complexity index is 413. The van der Waals surface area contributed by atoms with Crippen molar-refractivity contribution in [3.8, 4) is 0 Å². The van der Waals surface area contributed by atoms with Crippen LogP contribution in [0, 0.1) is 13.8 Å². The average Bonchev–Trinajstić information content (AvgIpc) is 2.17. The molecule has 0 amide bonds. The van der Waals surface area contributed by atoms with Gasteiger partial charge >= 0.3 is 5.97 Å². The SMILES string of the molecule is CCOC(=O)CC(=O)c1ncc(C)cc1C. The minimum Gasteiger partial charge on any atom is -0.466 e. The molecule has 0 unspecified atom stereocenters. The molecule has 0 atom stereocenters. The summed E-state index contributed by atoms with van der Waals surface area (Å²) in [4.78, 5) is 26.9. The summed E-state index contributed by atoms with van der Waals surface area (Å²) in [5, 5.41) is 0. The molecule has 0 spiro atoms. The molecule has 1 rings (SSSR count). The van der Waals surface area contributed by atoms with Crippen LogP contribution in [0.3, 0.4) is 0 Å². The second kappa shape index (κ2) is 5.39. The molecule has 0 saturated heterocycles. The predicted octanol–water partition coefficient (Wildman–Crippen LogP) is 1.83. The fraction of sp³-hybridized carbons (Fsp3) is 0.417. The van der Waals surface area contributed by atoms with Gasteiger partial charge in [0.15, 0.2) is 5.78 Å². The second-order valence-electron chi connectivity index (χ2n) is 3.58. The summed E-state index contributed by atoms with van der Waals surface area (Å²) >= 11 is 0. The van der Waals surface area contributed by atoms with Crippen LogP contribution in [-0.4, -0.2) is 23.3 Å². The van der Waals surface area contributed by atoms with Crippen LogP contribution in [0.5, 0.6) is 0 Å². The quantitative estimate of drug-likeness (QED) is 0.442. The maximum Gasteiger partial charge on any atom is 0.313 e. The lowest BCUT2D eigenvalue weighted by molar-refractivity contribution is -0.141. The van der Waals surface area contributed by atoms with Gasteiger partial charge in [0, 0.05) is 6.20 Å². The van der Waals surface area contributed by atoms with Crippen LogP contribution in [0.4, 0.5) is 0 Å². The standard InChI is InChI=1S/C12H15NO3/c1-4-16-11(15)6-10(14)12-9(3)5-8(2)7-13-12/h5,7H,4,6H2,1-3H3. The van der Waals surface area contributed by atoms with Crippen molar-refractivity contribution in [2.24, 2.45) is 0 Å². The Morgan fingerprint density at radius 3 is 2.62 bits per heavy atom. The molecule has 0 radical (unpaired) electrons. The highest BCUT2D eigenvalue weighted by Gasteiger charge is 2.15. The van der Waals surface area contributed by atoms with E-state index in [4.69, 9.17) is 4.74 Å². The van der Waals surface area contributed by atoms with Gasteiger partial charge in [-0.1, -0.05) is 6.07 Å². The number of ketones is 1. The summed E-state index contributed by atoms with van der Waals surface area (Å²) in [6, 6.07) is 1.87. The first kappa shape index (κ1) is 12.4. The Balaban J connectivity index is 2.77. The second-order valence-corrected chi connectivity index (χ2v) is 3.58. The molecular weight excluding hydrogens is 206 g/mol. The van der Waals surface area contributed by atoms with Crippen molar-refractivity contribution in [2.75, 3.05) is 6.61 Å². The van der Waals surface area contributed by atoms with E-state index in [1.54, 1.807) is 20.0 Å². The van der Waals surface area contributed by atoms with E-state index in [1.807, 2.05) is 13.0 Å². The number of esters is 1. The Hall–Kier alpha value is -1.71. The van der Waals surface area contributed by atoms with Gasteiger partial charge in [0.1, 0.15) is 12.1 Å². The van der Waals surface area contributed by atoms with Crippen LogP contribution in [0.25, 0.3) is 0 Å². The number of rotatable bonds is 4. The van der Waals surface area contributed by atoms with Gasteiger partial charge in [-0.15, -0.1) is 0 Å². The largest absolute Gasteiger partial charge is 0.466 e. The van der Waals surface area contributed by atoms with E-state index >= 15 is 0 Å².